The van der Waals surface area contributed by atoms with E-state index in [1.807, 2.05) is 0 Å². The third kappa shape index (κ3) is 4.49. The molecule has 5 heteroatoms. The fraction of sp³-hybridized carbons (Fsp3) is 1.00. The Morgan fingerprint density at radius 1 is 1.33 bits per heavy atom. The van der Waals surface area contributed by atoms with E-state index < -0.39 is 10.0 Å². The zero-order valence-electron chi connectivity index (χ0n) is 9.67. The van der Waals surface area contributed by atoms with Crippen LogP contribution in [0.3, 0.4) is 0 Å². The Morgan fingerprint density at radius 3 is 2.47 bits per heavy atom. The van der Waals surface area contributed by atoms with Crippen LogP contribution in [-0.4, -0.2) is 34.3 Å². The molecule has 0 aromatic heterocycles. The predicted octanol–water partition coefficient (Wildman–Crippen LogP) is 0.706. The quantitative estimate of drug-likeness (QED) is 0.650. The van der Waals surface area contributed by atoms with E-state index in [1.165, 1.54) is 12.8 Å². The molecular formula is C10H22N2O2S. The minimum absolute atomic E-state index is 0.172. The molecule has 90 valence electrons. The molecule has 0 spiro atoms. The van der Waals surface area contributed by atoms with Gasteiger partial charge in [-0.25, -0.2) is 13.1 Å². The highest BCUT2D eigenvalue weighted by molar-refractivity contribution is 7.89. The van der Waals surface area contributed by atoms with Crippen molar-refractivity contribution in [3.05, 3.63) is 0 Å². The third-order valence-electron chi connectivity index (χ3n) is 3.03. The van der Waals surface area contributed by atoms with Crippen LogP contribution in [0, 0.1) is 5.41 Å². The van der Waals surface area contributed by atoms with Gasteiger partial charge in [-0.15, -0.1) is 0 Å². The predicted molar refractivity (Wildman–Crippen MR) is 62.3 cm³/mol. The molecule has 0 atom stereocenters. The molecule has 0 heterocycles. The average molecular weight is 234 g/mol. The lowest BCUT2D eigenvalue weighted by molar-refractivity contribution is 0.449. The van der Waals surface area contributed by atoms with Crippen LogP contribution < -0.4 is 10.0 Å². The van der Waals surface area contributed by atoms with E-state index in [1.54, 1.807) is 7.05 Å². The van der Waals surface area contributed by atoms with Crippen molar-refractivity contribution in [2.45, 2.75) is 32.6 Å². The van der Waals surface area contributed by atoms with Gasteiger partial charge < -0.3 is 5.32 Å². The van der Waals surface area contributed by atoms with Crippen LogP contribution >= 0.6 is 0 Å². The molecule has 0 amide bonds. The molecule has 0 aromatic rings. The van der Waals surface area contributed by atoms with Crippen molar-refractivity contribution in [3.8, 4) is 0 Å². The average Bonchev–Trinajstić information content (AvgIpc) is 2.94. The maximum Gasteiger partial charge on any atom is 0.212 e. The molecule has 0 saturated heterocycles. The summed E-state index contributed by atoms with van der Waals surface area (Å²) in [6, 6.07) is 0. The number of hydrogen-bond donors (Lipinski definition) is 2. The first-order valence-corrected chi connectivity index (χ1v) is 7.31. The molecule has 1 rings (SSSR count). The van der Waals surface area contributed by atoms with Crippen molar-refractivity contribution in [2.75, 3.05) is 25.9 Å². The first-order valence-electron chi connectivity index (χ1n) is 5.65. The highest BCUT2D eigenvalue weighted by Gasteiger charge is 2.41. The van der Waals surface area contributed by atoms with Gasteiger partial charge in [0.15, 0.2) is 0 Å². The molecule has 0 bridgehead atoms. The van der Waals surface area contributed by atoms with Crippen molar-refractivity contribution in [2.24, 2.45) is 5.41 Å². The normalized spacial score (nSPS) is 19.1. The zero-order valence-corrected chi connectivity index (χ0v) is 10.5. The van der Waals surface area contributed by atoms with Gasteiger partial charge in [0.25, 0.3) is 0 Å². The fourth-order valence-electron chi connectivity index (χ4n) is 1.79. The maximum absolute atomic E-state index is 11.5. The molecule has 4 nitrogen and oxygen atoms in total. The molecule has 1 fully saturated rings. The van der Waals surface area contributed by atoms with Gasteiger partial charge >= 0.3 is 0 Å². The first kappa shape index (κ1) is 12.9. The van der Waals surface area contributed by atoms with Gasteiger partial charge in [-0.05, 0) is 31.7 Å². The number of rotatable bonds is 8. The van der Waals surface area contributed by atoms with Crippen LogP contribution in [0.25, 0.3) is 0 Å². The highest BCUT2D eigenvalue weighted by Crippen LogP contribution is 2.48. The summed E-state index contributed by atoms with van der Waals surface area (Å²) in [5, 5.41) is 2.84. The van der Waals surface area contributed by atoms with Crippen molar-refractivity contribution in [1.82, 2.24) is 10.0 Å². The Morgan fingerprint density at radius 2 is 2.00 bits per heavy atom. The van der Waals surface area contributed by atoms with Crippen LogP contribution in [0.2, 0.25) is 0 Å². The summed E-state index contributed by atoms with van der Waals surface area (Å²) in [6.07, 6.45) is 4.63. The SMILES string of the molecule is CCCC1(CNS(=O)(=O)CCNC)CC1. The van der Waals surface area contributed by atoms with E-state index >= 15 is 0 Å². The van der Waals surface area contributed by atoms with Gasteiger partial charge in [-0.1, -0.05) is 13.3 Å². The van der Waals surface area contributed by atoms with Crippen molar-refractivity contribution in [1.29, 1.82) is 0 Å². The largest absolute Gasteiger partial charge is 0.319 e. The Hall–Kier alpha value is -0.130. The molecule has 15 heavy (non-hydrogen) atoms. The lowest BCUT2D eigenvalue weighted by atomic mass is 10.0. The molecule has 1 aliphatic carbocycles. The summed E-state index contributed by atoms with van der Waals surface area (Å²) in [6.45, 7) is 3.29. The minimum atomic E-state index is -3.07. The third-order valence-corrected chi connectivity index (χ3v) is 4.35. The van der Waals surface area contributed by atoms with Crippen molar-refractivity contribution < 1.29 is 8.42 Å². The van der Waals surface area contributed by atoms with E-state index in [4.69, 9.17) is 0 Å². The molecule has 0 unspecified atom stereocenters. The minimum Gasteiger partial charge on any atom is -0.319 e. The van der Waals surface area contributed by atoms with Gasteiger partial charge in [0, 0.05) is 13.1 Å². The zero-order chi connectivity index (χ0) is 11.4. The topological polar surface area (TPSA) is 58.2 Å². The van der Waals surface area contributed by atoms with Gasteiger partial charge in [-0.3, -0.25) is 0 Å². The lowest BCUT2D eigenvalue weighted by Gasteiger charge is -2.14. The van der Waals surface area contributed by atoms with E-state index in [2.05, 4.69) is 17.0 Å². The van der Waals surface area contributed by atoms with E-state index in [-0.39, 0.29) is 5.75 Å². The fourth-order valence-corrected chi connectivity index (χ4v) is 2.94. The molecule has 0 aromatic carbocycles. The van der Waals surface area contributed by atoms with Crippen LogP contribution in [0.15, 0.2) is 0 Å². The highest BCUT2D eigenvalue weighted by atomic mass is 32.2. The van der Waals surface area contributed by atoms with Crippen LogP contribution in [0.5, 0.6) is 0 Å². The van der Waals surface area contributed by atoms with E-state index in [0.29, 0.717) is 18.5 Å². The summed E-state index contributed by atoms with van der Waals surface area (Å²) in [7, 11) is -1.31. The Balaban J connectivity index is 2.30. The number of hydrogen-bond acceptors (Lipinski definition) is 3. The first-order chi connectivity index (χ1) is 7.04. The van der Waals surface area contributed by atoms with Gasteiger partial charge in [0.05, 0.1) is 5.75 Å². The second-order valence-electron chi connectivity index (χ2n) is 4.49. The number of sulfonamides is 1. The van der Waals surface area contributed by atoms with Crippen LogP contribution in [0.4, 0.5) is 0 Å². The standard InChI is InChI=1S/C10H22N2O2S/c1-3-4-10(5-6-10)9-12-15(13,14)8-7-11-2/h11-12H,3-9H2,1-2H3. The Labute approximate surface area is 92.9 Å². The molecule has 1 saturated carbocycles. The molecule has 1 aliphatic rings. The summed E-state index contributed by atoms with van der Waals surface area (Å²) < 4.78 is 25.7. The Kier molecular flexibility index (Phi) is 4.55. The molecular weight excluding hydrogens is 212 g/mol. The summed E-state index contributed by atoms with van der Waals surface area (Å²) in [5.74, 6) is 0.172. The summed E-state index contributed by atoms with van der Waals surface area (Å²) >= 11 is 0. The lowest BCUT2D eigenvalue weighted by Crippen LogP contribution is -2.34. The molecule has 0 aliphatic heterocycles. The summed E-state index contributed by atoms with van der Waals surface area (Å²) in [4.78, 5) is 0. The summed E-state index contributed by atoms with van der Waals surface area (Å²) in [5.41, 5.74) is 0.293. The maximum atomic E-state index is 11.5. The van der Waals surface area contributed by atoms with Crippen molar-refractivity contribution >= 4 is 10.0 Å². The van der Waals surface area contributed by atoms with Crippen LogP contribution in [0.1, 0.15) is 32.6 Å². The smallest absolute Gasteiger partial charge is 0.212 e. The van der Waals surface area contributed by atoms with E-state index in [0.717, 1.165) is 12.8 Å². The van der Waals surface area contributed by atoms with Gasteiger partial charge in [-0.2, -0.15) is 0 Å². The van der Waals surface area contributed by atoms with E-state index in [9.17, 15) is 8.42 Å². The van der Waals surface area contributed by atoms with Gasteiger partial charge in [0.1, 0.15) is 0 Å². The number of nitrogens with one attached hydrogen (secondary N) is 2. The van der Waals surface area contributed by atoms with Gasteiger partial charge in [0.2, 0.25) is 10.0 Å². The molecule has 0 radical (unpaired) electrons. The second kappa shape index (κ2) is 5.27. The van der Waals surface area contributed by atoms with Crippen molar-refractivity contribution in [3.63, 3.8) is 0 Å². The molecule has 2 N–H and O–H groups in total. The second-order valence-corrected chi connectivity index (χ2v) is 6.42. The monoisotopic (exact) mass is 234 g/mol. The Bertz CT molecular complexity index is 284. The van der Waals surface area contributed by atoms with Crippen LogP contribution in [-0.2, 0) is 10.0 Å².